The van der Waals surface area contributed by atoms with Gasteiger partial charge in [-0.25, -0.2) is 0 Å². The molecule has 9 heavy (non-hydrogen) atoms. The van der Waals surface area contributed by atoms with Crippen molar-refractivity contribution in [2.24, 2.45) is 10.7 Å². The van der Waals surface area contributed by atoms with Crippen molar-refractivity contribution in [2.75, 3.05) is 0 Å². The molecule has 1 saturated carbocycles. The summed E-state index contributed by atoms with van der Waals surface area (Å²) in [7, 11) is 0. The molecule has 0 aromatic heterocycles. The second-order valence-electron chi connectivity index (χ2n) is 2.75. The molecule has 0 aromatic rings. The van der Waals surface area contributed by atoms with Gasteiger partial charge in [-0.2, -0.15) is 0 Å². The summed E-state index contributed by atoms with van der Waals surface area (Å²) in [6.45, 7) is 3.52. The smallest absolute Gasteiger partial charge is 0.0493 e. The van der Waals surface area contributed by atoms with E-state index in [2.05, 4.69) is 11.7 Å². The van der Waals surface area contributed by atoms with Crippen LogP contribution in [0.1, 0.15) is 25.7 Å². The molecule has 2 heteroatoms. The van der Waals surface area contributed by atoms with Crippen LogP contribution in [-0.4, -0.2) is 18.8 Å². The van der Waals surface area contributed by atoms with E-state index in [4.69, 9.17) is 5.73 Å². The van der Waals surface area contributed by atoms with E-state index in [1.54, 1.807) is 0 Å². The van der Waals surface area contributed by atoms with Crippen molar-refractivity contribution in [3.63, 3.8) is 0 Å². The highest BCUT2D eigenvalue weighted by Gasteiger charge is 2.15. The van der Waals surface area contributed by atoms with Gasteiger partial charge < -0.3 is 5.73 Å². The van der Waals surface area contributed by atoms with E-state index in [9.17, 15) is 0 Å². The van der Waals surface area contributed by atoms with Gasteiger partial charge in [0.25, 0.3) is 0 Å². The van der Waals surface area contributed by atoms with Gasteiger partial charge in [0, 0.05) is 12.1 Å². The van der Waals surface area contributed by atoms with Crippen LogP contribution in [-0.2, 0) is 0 Å². The standard InChI is InChI=1S/C7H14N2/c1-9-7-4-2-6(8)3-5-7/h6-7H,1-5,8H2/t6-,7-. The SMILES string of the molecule is C=N[C@H]1CC[C@H](N)CC1. The highest BCUT2D eigenvalue weighted by atomic mass is 14.8. The van der Waals surface area contributed by atoms with Gasteiger partial charge in [-0.1, -0.05) is 0 Å². The normalized spacial score (nSPS) is 36.1. The Balaban J connectivity index is 2.26. The van der Waals surface area contributed by atoms with Crippen LogP contribution in [0.5, 0.6) is 0 Å². The average Bonchev–Trinajstić information content (AvgIpc) is 1.90. The molecule has 1 rings (SSSR count). The van der Waals surface area contributed by atoms with Gasteiger partial charge in [-0.15, -0.1) is 0 Å². The van der Waals surface area contributed by atoms with Crippen LogP contribution in [0.4, 0.5) is 0 Å². The number of hydrogen-bond acceptors (Lipinski definition) is 2. The van der Waals surface area contributed by atoms with E-state index in [1.165, 1.54) is 0 Å². The minimum Gasteiger partial charge on any atom is -0.328 e. The second-order valence-corrected chi connectivity index (χ2v) is 2.75. The zero-order chi connectivity index (χ0) is 6.69. The molecule has 0 atom stereocenters. The van der Waals surface area contributed by atoms with Crippen molar-refractivity contribution in [1.29, 1.82) is 0 Å². The first-order valence-corrected chi connectivity index (χ1v) is 3.54. The van der Waals surface area contributed by atoms with Gasteiger partial charge in [0.05, 0.1) is 0 Å². The molecule has 0 spiro atoms. The molecule has 0 amide bonds. The molecule has 1 aliphatic rings. The highest BCUT2D eigenvalue weighted by Crippen LogP contribution is 2.18. The molecule has 1 fully saturated rings. The van der Waals surface area contributed by atoms with E-state index < -0.39 is 0 Å². The molecule has 0 radical (unpaired) electrons. The largest absolute Gasteiger partial charge is 0.328 e. The van der Waals surface area contributed by atoms with Crippen LogP contribution in [0.25, 0.3) is 0 Å². The Bertz CT molecular complexity index is 93.1. The summed E-state index contributed by atoms with van der Waals surface area (Å²) in [6, 6.07) is 0.938. The van der Waals surface area contributed by atoms with E-state index in [0.29, 0.717) is 12.1 Å². The number of nitrogens with zero attached hydrogens (tertiary/aromatic N) is 1. The number of hydrogen-bond donors (Lipinski definition) is 1. The lowest BCUT2D eigenvalue weighted by Crippen LogP contribution is -2.27. The van der Waals surface area contributed by atoms with Crippen LogP contribution in [0.15, 0.2) is 4.99 Å². The zero-order valence-corrected chi connectivity index (χ0v) is 5.71. The Labute approximate surface area is 56.2 Å². The Morgan fingerprint density at radius 3 is 2.22 bits per heavy atom. The van der Waals surface area contributed by atoms with Crippen molar-refractivity contribution >= 4 is 6.72 Å². The van der Waals surface area contributed by atoms with Crippen LogP contribution < -0.4 is 5.73 Å². The summed E-state index contributed by atoms with van der Waals surface area (Å²) < 4.78 is 0. The Morgan fingerprint density at radius 2 is 1.78 bits per heavy atom. The first kappa shape index (κ1) is 6.75. The Kier molecular flexibility index (Phi) is 2.22. The minimum absolute atomic E-state index is 0.433. The fourth-order valence-corrected chi connectivity index (χ4v) is 1.28. The van der Waals surface area contributed by atoms with Gasteiger partial charge in [0.15, 0.2) is 0 Å². The van der Waals surface area contributed by atoms with Crippen LogP contribution in [0, 0.1) is 0 Å². The first-order chi connectivity index (χ1) is 4.33. The average molecular weight is 126 g/mol. The monoisotopic (exact) mass is 126 g/mol. The van der Waals surface area contributed by atoms with Crippen LogP contribution in [0.3, 0.4) is 0 Å². The molecule has 0 aliphatic heterocycles. The molecule has 2 N–H and O–H groups in total. The third kappa shape index (κ3) is 1.79. The van der Waals surface area contributed by atoms with Gasteiger partial charge in [-0.05, 0) is 32.4 Å². The first-order valence-electron chi connectivity index (χ1n) is 3.54. The molecule has 0 unspecified atom stereocenters. The fourth-order valence-electron chi connectivity index (χ4n) is 1.28. The number of nitrogens with two attached hydrogens (primary N) is 1. The molecular weight excluding hydrogens is 112 g/mol. The molecule has 1 aliphatic carbocycles. The maximum absolute atomic E-state index is 5.69. The van der Waals surface area contributed by atoms with E-state index in [1.807, 2.05) is 0 Å². The van der Waals surface area contributed by atoms with Crippen LogP contribution >= 0.6 is 0 Å². The topological polar surface area (TPSA) is 38.4 Å². The van der Waals surface area contributed by atoms with Gasteiger partial charge in [0.1, 0.15) is 0 Å². The summed E-state index contributed by atoms with van der Waals surface area (Å²) in [4.78, 5) is 3.98. The van der Waals surface area contributed by atoms with Crippen LogP contribution in [0.2, 0.25) is 0 Å². The van der Waals surface area contributed by atoms with Gasteiger partial charge >= 0.3 is 0 Å². The molecule has 52 valence electrons. The van der Waals surface area contributed by atoms with Crippen molar-refractivity contribution in [3.05, 3.63) is 0 Å². The summed E-state index contributed by atoms with van der Waals surface area (Å²) in [6.07, 6.45) is 4.54. The maximum atomic E-state index is 5.69. The van der Waals surface area contributed by atoms with Crippen molar-refractivity contribution in [3.8, 4) is 0 Å². The lowest BCUT2D eigenvalue weighted by Gasteiger charge is -2.22. The molecular formula is C7H14N2. The van der Waals surface area contributed by atoms with E-state index in [0.717, 1.165) is 25.7 Å². The number of aliphatic imine (C=N–C) groups is 1. The zero-order valence-electron chi connectivity index (χ0n) is 5.71. The van der Waals surface area contributed by atoms with Gasteiger partial charge in [-0.3, -0.25) is 4.99 Å². The number of rotatable bonds is 1. The van der Waals surface area contributed by atoms with Crippen molar-refractivity contribution in [1.82, 2.24) is 0 Å². The van der Waals surface area contributed by atoms with Gasteiger partial charge in [0.2, 0.25) is 0 Å². The van der Waals surface area contributed by atoms with Crippen molar-refractivity contribution < 1.29 is 0 Å². The van der Waals surface area contributed by atoms with E-state index >= 15 is 0 Å². The third-order valence-corrected chi connectivity index (χ3v) is 2.00. The molecule has 0 heterocycles. The lowest BCUT2D eigenvalue weighted by atomic mass is 9.92. The molecule has 2 nitrogen and oxygen atoms in total. The Hall–Kier alpha value is -0.370. The quantitative estimate of drug-likeness (QED) is 0.522. The minimum atomic E-state index is 0.433. The predicted octanol–water partition coefficient (Wildman–Crippen LogP) is 0.957. The second kappa shape index (κ2) is 2.97. The highest BCUT2D eigenvalue weighted by molar-refractivity contribution is 5.24. The summed E-state index contributed by atoms with van der Waals surface area (Å²) >= 11 is 0. The fraction of sp³-hybridized carbons (Fsp3) is 0.857. The van der Waals surface area contributed by atoms with E-state index in [-0.39, 0.29) is 0 Å². The third-order valence-electron chi connectivity index (χ3n) is 2.00. The van der Waals surface area contributed by atoms with Crippen molar-refractivity contribution in [2.45, 2.75) is 37.8 Å². The summed E-state index contributed by atoms with van der Waals surface area (Å²) in [5.41, 5.74) is 5.69. The molecule has 0 saturated heterocycles. The Morgan fingerprint density at radius 1 is 1.22 bits per heavy atom. The predicted molar refractivity (Wildman–Crippen MR) is 39.8 cm³/mol. The summed E-state index contributed by atoms with van der Waals surface area (Å²) in [5.74, 6) is 0. The molecule has 0 bridgehead atoms. The summed E-state index contributed by atoms with van der Waals surface area (Å²) in [5, 5.41) is 0. The lowest BCUT2D eigenvalue weighted by molar-refractivity contribution is 0.397. The molecule has 0 aromatic carbocycles. The maximum Gasteiger partial charge on any atom is 0.0493 e.